The number of aliphatic hydroxyl groups excluding tert-OH is 1. The van der Waals surface area contributed by atoms with Crippen molar-refractivity contribution in [1.29, 1.82) is 0 Å². The Morgan fingerprint density at radius 3 is 2.53 bits per heavy atom. The summed E-state index contributed by atoms with van der Waals surface area (Å²) in [7, 11) is 2.23. The molecule has 102 valence electrons. The van der Waals surface area contributed by atoms with Crippen molar-refractivity contribution in [2.45, 2.75) is 64.0 Å². The minimum atomic E-state index is -0.108. The fourth-order valence-electron chi connectivity index (χ4n) is 2.60. The maximum Gasteiger partial charge on any atom is 0.0611 e. The molecule has 1 unspecified atom stereocenters. The molecule has 1 atom stereocenters. The lowest BCUT2D eigenvalue weighted by Crippen LogP contribution is -2.48. The van der Waals surface area contributed by atoms with Crippen molar-refractivity contribution < 1.29 is 5.11 Å². The van der Waals surface area contributed by atoms with Crippen LogP contribution in [0.3, 0.4) is 0 Å². The van der Waals surface area contributed by atoms with Gasteiger partial charge < -0.3 is 15.3 Å². The zero-order valence-electron chi connectivity index (χ0n) is 11.8. The Hall–Kier alpha value is -0.120. The third-order valence-electron chi connectivity index (χ3n) is 4.12. The van der Waals surface area contributed by atoms with E-state index >= 15 is 0 Å². The van der Waals surface area contributed by atoms with Crippen LogP contribution in [0.2, 0.25) is 0 Å². The fraction of sp³-hybridized carbons (Fsp3) is 1.00. The molecule has 1 aliphatic rings. The summed E-state index contributed by atoms with van der Waals surface area (Å²) in [4.78, 5) is 2.48. The van der Waals surface area contributed by atoms with E-state index in [-0.39, 0.29) is 12.1 Å². The van der Waals surface area contributed by atoms with E-state index in [0.717, 1.165) is 32.0 Å². The monoisotopic (exact) mass is 242 g/mol. The van der Waals surface area contributed by atoms with Gasteiger partial charge in [0.15, 0.2) is 0 Å². The Balaban J connectivity index is 2.30. The first-order valence-electron chi connectivity index (χ1n) is 7.17. The minimum Gasteiger partial charge on any atom is -0.394 e. The number of rotatable bonds is 8. The van der Waals surface area contributed by atoms with Crippen LogP contribution in [-0.2, 0) is 0 Å². The van der Waals surface area contributed by atoms with Gasteiger partial charge in [-0.15, -0.1) is 0 Å². The Bertz CT molecular complexity index is 204. The molecule has 0 aliphatic heterocycles. The van der Waals surface area contributed by atoms with Crippen LogP contribution < -0.4 is 5.32 Å². The third-order valence-corrected chi connectivity index (χ3v) is 4.12. The van der Waals surface area contributed by atoms with E-state index in [1.165, 1.54) is 25.7 Å². The van der Waals surface area contributed by atoms with Gasteiger partial charge in [0.2, 0.25) is 0 Å². The van der Waals surface area contributed by atoms with Gasteiger partial charge in [0.25, 0.3) is 0 Å². The van der Waals surface area contributed by atoms with Gasteiger partial charge >= 0.3 is 0 Å². The molecular formula is C14H30N2O. The zero-order valence-corrected chi connectivity index (χ0v) is 11.8. The number of hydrogen-bond donors (Lipinski definition) is 2. The van der Waals surface area contributed by atoms with Crippen molar-refractivity contribution in [2.75, 3.05) is 26.7 Å². The molecule has 1 saturated carbocycles. The summed E-state index contributed by atoms with van der Waals surface area (Å²) in [6, 6.07) is 0.782. The second kappa shape index (κ2) is 7.34. The molecule has 1 aliphatic carbocycles. The maximum absolute atomic E-state index is 9.51. The normalized spacial score (nSPS) is 21.0. The first-order valence-corrected chi connectivity index (χ1v) is 7.17. The van der Waals surface area contributed by atoms with Gasteiger partial charge in [-0.25, -0.2) is 0 Å². The quantitative estimate of drug-likeness (QED) is 0.683. The maximum atomic E-state index is 9.51. The van der Waals surface area contributed by atoms with Crippen molar-refractivity contribution in [1.82, 2.24) is 10.2 Å². The van der Waals surface area contributed by atoms with E-state index in [1.54, 1.807) is 0 Å². The van der Waals surface area contributed by atoms with Gasteiger partial charge in [0, 0.05) is 11.6 Å². The molecule has 0 heterocycles. The molecule has 2 N–H and O–H groups in total. The lowest BCUT2D eigenvalue weighted by atomic mass is 9.98. The van der Waals surface area contributed by atoms with E-state index in [4.69, 9.17) is 0 Å². The van der Waals surface area contributed by atoms with E-state index in [1.807, 2.05) is 0 Å². The van der Waals surface area contributed by atoms with Crippen molar-refractivity contribution in [3.63, 3.8) is 0 Å². The number of hydrogen-bond acceptors (Lipinski definition) is 3. The molecule has 3 nitrogen and oxygen atoms in total. The molecule has 0 amide bonds. The molecular weight excluding hydrogens is 212 g/mol. The van der Waals surface area contributed by atoms with Crippen molar-refractivity contribution in [3.8, 4) is 0 Å². The molecule has 0 aromatic heterocycles. The summed E-state index contributed by atoms with van der Waals surface area (Å²) >= 11 is 0. The first kappa shape index (κ1) is 14.9. The highest BCUT2D eigenvalue weighted by molar-refractivity contribution is 4.84. The molecule has 1 fully saturated rings. The van der Waals surface area contributed by atoms with Crippen LogP contribution in [0.5, 0.6) is 0 Å². The summed E-state index contributed by atoms with van der Waals surface area (Å²) in [5.74, 6) is 0. The van der Waals surface area contributed by atoms with E-state index in [2.05, 4.69) is 31.1 Å². The average molecular weight is 242 g/mol. The Morgan fingerprint density at radius 1 is 1.35 bits per heavy atom. The molecule has 1 rings (SSSR count). The van der Waals surface area contributed by atoms with E-state index < -0.39 is 0 Å². The summed E-state index contributed by atoms with van der Waals surface area (Å²) in [6.45, 7) is 6.59. The van der Waals surface area contributed by atoms with Crippen LogP contribution in [0.4, 0.5) is 0 Å². The lowest BCUT2D eigenvalue weighted by Gasteiger charge is -2.32. The van der Waals surface area contributed by atoms with Crippen LogP contribution in [0.1, 0.15) is 52.4 Å². The number of aliphatic hydroxyl groups is 1. The molecule has 0 spiro atoms. The van der Waals surface area contributed by atoms with Crippen LogP contribution in [0.25, 0.3) is 0 Å². The summed E-state index contributed by atoms with van der Waals surface area (Å²) in [5, 5.41) is 13.0. The Morgan fingerprint density at radius 2 is 2.00 bits per heavy atom. The highest BCUT2D eigenvalue weighted by Crippen LogP contribution is 2.23. The predicted octanol–water partition coefficient (Wildman–Crippen LogP) is 2.00. The van der Waals surface area contributed by atoms with E-state index in [0.29, 0.717) is 0 Å². The SMILES string of the molecule is CCCNC(C)(CO)CCN(C)C1CCCC1. The third kappa shape index (κ3) is 4.94. The molecule has 0 aromatic rings. The van der Waals surface area contributed by atoms with Crippen LogP contribution in [-0.4, -0.2) is 48.3 Å². The minimum absolute atomic E-state index is 0.108. The van der Waals surface area contributed by atoms with Crippen molar-refractivity contribution >= 4 is 0 Å². The summed E-state index contributed by atoms with van der Waals surface area (Å²) in [5.41, 5.74) is -0.108. The molecule has 0 saturated heterocycles. The molecule has 0 radical (unpaired) electrons. The van der Waals surface area contributed by atoms with Crippen LogP contribution >= 0.6 is 0 Å². The summed E-state index contributed by atoms with van der Waals surface area (Å²) in [6.07, 6.45) is 7.63. The molecule has 3 heteroatoms. The van der Waals surface area contributed by atoms with Gasteiger partial charge in [-0.1, -0.05) is 19.8 Å². The van der Waals surface area contributed by atoms with Crippen molar-refractivity contribution in [2.24, 2.45) is 0 Å². The second-order valence-corrected chi connectivity index (χ2v) is 5.81. The van der Waals surface area contributed by atoms with Gasteiger partial charge in [-0.3, -0.25) is 0 Å². The smallest absolute Gasteiger partial charge is 0.0611 e. The van der Waals surface area contributed by atoms with Gasteiger partial charge in [0.1, 0.15) is 0 Å². The highest BCUT2D eigenvalue weighted by atomic mass is 16.3. The first-order chi connectivity index (χ1) is 8.11. The lowest BCUT2D eigenvalue weighted by molar-refractivity contribution is 0.141. The summed E-state index contributed by atoms with van der Waals surface area (Å²) < 4.78 is 0. The fourth-order valence-corrected chi connectivity index (χ4v) is 2.60. The topological polar surface area (TPSA) is 35.5 Å². The number of nitrogens with zero attached hydrogens (tertiary/aromatic N) is 1. The van der Waals surface area contributed by atoms with Gasteiger partial charge in [0.05, 0.1) is 6.61 Å². The predicted molar refractivity (Wildman–Crippen MR) is 73.3 cm³/mol. The second-order valence-electron chi connectivity index (χ2n) is 5.81. The Kier molecular flexibility index (Phi) is 6.45. The zero-order chi connectivity index (χ0) is 12.7. The molecule has 17 heavy (non-hydrogen) atoms. The Labute approximate surface area is 107 Å². The van der Waals surface area contributed by atoms with E-state index in [9.17, 15) is 5.11 Å². The largest absolute Gasteiger partial charge is 0.394 e. The average Bonchev–Trinajstić information content (AvgIpc) is 2.87. The van der Waals surface area contributed by atoms with Gasteiger partial charge in [-0.05, 0) is 52.7 Å². The standard InChI is InChI=1S/C14H30N2O/c1-4-10-15-14(2,12-17)9-11-16(3)13-7-5-6-8-13/h13,15,17H,4-12H2,1-3H3. The number of nitrogens with one attached hydrogen (secondary N) is 1. The molecule has 0 bridgehead atoms. The highest BCUT2D eigenvalue weighted by Gasteiger charge is 2.25. The molecule has 0 aromatic carbocycles. The van der Waals surface area contributed by atoms with Crippen LogP contribution in [0.15, 0.2) is 0 Å². The van der Waals surface area contributed by atoms with Crippen LogP contribution in [0, 0.1) is 0 Å². The van der Waals surface area contributed by atoms with Gasteiger partial charge in [-0.2, -0.15) is 0 Å². The van der Waals surface area contributed by atoms with Crippen molar-refractivity contribution in [3.05, 3.63) is 0 Å².